The van der Waals surface area contributed by atoms with Crippen LogP contribution in [0.15, 0.2) is 36.4 Å². The minimum atomic E-state index is -2.03. The zero-order valence-corrected chi connectivity index (χ0v) is 35.9. The molecule has 0 aliphatic carbocycles. The molecule has 2 aromatic rings. The standard InChI is InChI=1S/C34H59ClO5SSi4/c1-15-24-16-18-25(19-17-24)20-26-21-27(29(36-2)22-28(26)35)34-33(40-45(12,13)14)32(39-44(9,10)11)31(38-43(6,7)8)30(41-34)23-37-42(3,4)5/h16-19,21-22,30-34H,15,20,23H2,1-14H3/t30-,31-,32+,33-,34+/m1/s1. The fourth-order valence-corrected chi connectivity index (χ4v) is 11.6. The van der Waals surface area contributed by atoms with Crippen molar-refractivity contribution in [2.45, 2.75) is 127 Å². The first-order valence-electron chi connectivity index (χ1n) is 16.4. The molecule has 45 heavy (non-hydrogen) atoms. The molecule has 1 heterocycles. The summed E-state index contributed by atoms with van der Waals surface area (Å²) in [5.41, 5.74) is 4.76. The molecule has 254 valence electrons. The molecular formula is C34H59ClO5SSi4. The van der Waals surface area contributed by atoms with Gasteiger partial charge >= 0.3 is 0 Å². The summed E-state index contributed by atoms with van der Waals surface area (Å²) < 4.78 is 34.1. The molecule has 0 spiro atoms. The summed E-state index contributed by atoms with van der Waals surface area (Å²) in [4.78, 5) is 0. The Bertz CT molecular complexity index is 1250. The molecule has 1 aliphatic heterocycles. The van der Waals surface area contributed by atoms with E-state index in [2.05, 4.69) is 116 Å². The zero-order chi connectivity index (χ0) is 34.0. The molecule has 0 radical (unpaired) electrons. The Labute approximate surface area is 288 Å². The van der Waals surface area contributed by atoms with Crippen molar-refractivity contribution in [1.29, 1.82) is 0 Å². The minimum Gasteiger partial charge on any atom is -0.496 e. The van der Waals surface area contributed by atoms with Crippen LogP contribution in [0, 0.1) is 0 Å². The summed E-state index contributed by atoms with van der Waals surface area (Å²) in [6, 6.07) is 13.1. The van der Waals surface area contributed by atoms with E-state index in [1.54, 1.807) is 7.11 Å². The highest BCUT2D eigenvalue weighted by Gasteiger charge is 2.52. The van der Waals surface area contributed by atoms with Crippen LogP contribution in [-0.2, 0) is 30.5 Å². The second kappa shape index (κ2) is 15.4. The highest BCUT2D eigenvalue weighted by Crippen LogP contribution is 2.51. The number of thioether (sulfide) groups is 1. The number of ether oxygens (including phenoxy) is 1. The zero-order valence-electron chi connectivity index (χ0n) is 30.3. The third-order valence-electron chi connectivity index (χ3n) is 7.31. The summed E-state index contributed by atoms with van der Waals surface area (Å²) in [6.45, 7) is 29.9. The van der Waals surface area contributed by atoms with E-state index in [-0.39, 0.29) is 28.8 Å². The van der Waals surface area contributed by atoms with Crippen LogP contribution < -0.4 is 4.74 Å². The van der Waals surface area contributed by atoms with Crippen molar-refractivity contribution in [3.8, 4) is 5.75 Å². The maximum atomic E-state index is 7.19. The maximum Gasteiger partial charge on any atom is 0.184 e. The number of methoxy groups -OCH3 is 1. The molecule has 1 aliphatic rings. The number of halogens is 1. The van der Waals surface area contributed by atoms with Gasteiger partial charge in [0.05, 0.1) is 35.9 Å². The van der Waals surface area contributed by atoms with Crippen molar-refractivity contribution in [3.05, 3.63) is 63.7 Å². The minimum absolute atomic E-state index is 0.0526. The van der Waals surface area contributed by atoms with Crippen molar-refractivity contribution in [3.63, 3.8) is 0 Å². The lowest BCUT2D eigenvalue weighted by molar-refractivity contribution is -0.0450. The average Bonchev–Trinajstić information content (AvgIpc) is 2.88. The normalized spacial score (nSPS) is 23.3. The molecular weight excluding hydrogens is 668 g/mol. The first kappa shape index (κ1) is 39.0. The molecule has 11 heteroatoms. The lowest BCUT2D eigenvalue weighted by Gasteiger charge is -2.51. The Morgan fingerprint density at radius 2 is 1.20 bits per heavy atom. The Balaban J connectivity index is 2.22. The fourth-order valence-electron chi connectivity index (χ4n) is 5.53. The maximum absolute atomic E-state index is 7.19. The van der Waals surface area contributed by atoms with Gasteiger partial charge in [0.15, 0.2) is 33.3 Å². The van der Waals surface area contributed by atoms with Gasteiger partial charge in [0.2, 0.25) is 0 Å². The van der Waals surface area contributed by atoms with Crippen molar-refractivity contribution >= 4 is 56.6 Å². The van der Waals surface area contributed by atoms with Gasteiger partial charge in [-0.3, -0.25) is 0 Å². The van der Waals surface area contributed by atoms with Crippen LogP contribution in [0.1, 0.15) is 34.4 Å². The van der Waals surface area contributed by atoms with Crippen LogP contribution in [0.2, 0.25) is 83.6 Å². The van der Waals surface area contributed by atoms with Gasteiger partial charge in [0.25, 0.3) is 0 Å². The van der Waals surface area contributed by atoms with E-state index < -0.39 is 33.3 Å². The van der Waals surface area contributed by atoms with Gasteiger partial charge < -0.3 is 22.4 Å². The van der Waals surface area contributed by atoms with E-state index in [4.69, 9.17) is 34.0 Å². The summed E-state index contributed by atoms with van der Waals surface area (Å²) in [7, 11) is -6.07. The molecule has 0 aromatic heterocycles. The van der Waals surface area contributed by atoms with E-state index in [0.29, 0.717) is 11.6 Å². The predicted molar refractivity (Wildman–Crippen MR) is 205 cm³/mol. The van der Waals surface area contributed by atoms with Crippen LogP contribution in [0.4, 0.5) is 0 Å². The SMILES string of the molecule is CCc1ccc(Cc2cc([C@@H]3S[C@H](CO[Si](C)(C)C)[C@@H](O[Si](C)(C)C)[C@H](O[Si](C)(C)C)[C@H]3O[Si](C)(C)C)c(OC)cc2Cl)cc1. The summed E-state index contributed by atoms with van der Waals surface area (Å²) in [6.07, 6.45) is 1.18. The van der Waals surface area contributed by atoms with E-state index in [1.807, 2.05) is 17.8 Å². The summed E-state index contributed by atoms with van der Waals surface area (Å²) in [5, 5.41) is 0.733. The molecule has 0 amide bonds. The highest BCUT2D eigenvalue weighted by molar-refractivity contribution is 8.00. The van der Waals surface area contributed by atoms with E-state index in [0.717, 1.165) is 29.7 Å². The van der Waals surface area contributed by atoms with E-state index in [9.17, 15) is 0 Å². The monoisotopic (exact) mass is 726 g/mol. The van der Waals surface area contributed by atoms with Gasteiger partial charge in [-0.1, -0.05) is 42.8 Å². The molecule has 5 nitrogen and oxygen atoms in total. The van der Waals surface area contributed by atoms with Crippen molar-refractivity contribution < 1.29 is 22.4 Å². The van der Waals surface area contributed by atoms with E-state index >= 15 is 0 Å². The average molecular weight is 728 g/mol. The van der Waals surface area contributed by atoms with Crippen molar-refractivity contribution in [2.75, 3.05) is 13.7 Å². The molecule has 1 saturated heterocycles. The number of benzene rings is 2. The third kappa shape index (κ3) is 12.2. The molecule has 0 bridgehead atoms. The van der Waals surface area contributed by atoms with Crippen molar-refractivity contribution in [2.24, 2.45) is 0 Å². The lowest BCUT2D eigenvalue weighted by Crippen LogP contribution is -2.61. The topological polar surface area (TPSA) is 46.2 Å². The summed E-state index contributed by atoms with van der Waals surface area (Å²) >= 11 is 8.86. The van der Waals surface area contributed by atoms with Crippen LogP contribution in [0.5, 0.6) is 5.75 Å². The largest absolute Gasteiger partial charge is 0.496 e. The molecule has 1 fully saturated rings. The Morgan fingerprint density at radius 1 is 0.689 bits per heavy atom. The Kier molecular flexibility index (Phi) is 13.4. The van der Waals surface area contributed by atoms with Gasteiger partial charge in [0.1, 0.15) is 5.75 Å². The molecule has 0 N–H and O–H groups in total. The quantitative estimate of drug-likeness (QED) is 0.181. The first-order chi connectivity index (χ1) is 20.6. The molecule has 3 rings (SSSR count). The lowest BCUT2D eigenvalue weighted by atomic mass is 9.94. The third-order valence-corrected chi connectivity index (χ3v) is 13.2. The summed E-state index contributed by atoms with van der Waals surface area (Å²) in [5.74, 6) is 0.785. The number of rotatable bonds is 14. The molecule has 0 saturated carbocycles. The molecule has 2 aromatic carbocycles. The second-order valence-corrected chi connectivity index (χ2v) is 35.8. The fraction of sp³-hybridized carbons (Fsp3) is 0.647. The Morgan fingerprint density at radius 3 is 1.69 bits per heavy atom. The first-order valence-corrected chi connectivity index (χ1v) is 31.3. The van der Waals surface area contributed by atoms with Crippen molar-refractivity contribution in [1.82, 2.24) is 0 Å². The number of hydrogen-bond acceptors (Lipinski definition) is 6. The molecule has 0 unspecified atom stereocenters. The van der Waals surface area contributed by atoms with Crippen LogP contribution in [-0.4, -0.2) is 70.5 Å². The highest BCUT2D eigenvalue weighted by atomic mass is 35.5. The molecule has 5 atom stereocenters. The predicted octanol–water partition coefficient (Wildman–Crippen LogP) is 10.2. The smallest absolute Gasteiger partial charge is 0.184 e. The van der Waals surface area contributed by atoms with E-state index in [1.165, 1.54) is 11.1 Å². The van der Waals surface area contributed by atoms with Gasteiger partial charge in [0, 0.05) is 17.2 Å². The van der Waals surface area contributed by atoms with Gasteiger partial charge in [-0.15, -0.1) is 11.8 Å². The van der Waals surface area contributed by atoms with Gasteiger partial charge in [-0.25, -0.2) is 0 Å². The van der Waals surface area contributed by atoms with Gasteiger partial charge in [-0.05, 0) is 120 Å². The van der Waals surface area contributed by atoms with Crippen LogP contribution in [0.25, 0.3) is 0 Å². The Hall–Kier alpha value is -0.412. The second-order valence-electron chi connectivity index (χ2n) is 16.1. The number of hydrogen-bond donors (Lipinski definition) is 0. The van der Waals surface area contributed by atoms with Crippen LogP contribution in [0.3, 0.4) is 0 Å². The number of aryl methyl sites for hydroxylation is 1. The van der Waals surface area contributed by atoms with Crippen LogP contribution >= 0.6 is 23.4 Å². The van der Waals surface area contributed by atoms with Gasteiger partial charge in [-0.2, -0.15) is 0 Å².